The number of carbonyl (C=O) groups excluding carboxylic acids is 1. The summed E-state index contributed by atoms with van der Waals surface area (Å²) in [6, 6.07) is 12.9. The second-order valence-corrected chi connectivity index (χ2v) is 14.5. The molecule has 5 rings (SSSR count). The summed E-state index contributed by atoms with van der Waals surface area (Å²) in [4.78, 5) is 15.3. The van der Waals surface area contributed by atoms with Crippen molar-refractivity contribution in [3.63, 3.8) is 0 Å². The number of methoxy groups -OCH3 is 1. The predicted octanol–water partition coefficient (Wildman–Crippen LogP) is 5.82. The number of thiophene rings is 1. The molecule has 0 saturated heterocycles. The van der Waals surface area contributed by atoms with Crippen molar-refractivity contribution >= 4 is 38.4 Å². The molecule has 2 atom stereocenters. The molecule has 0 radical (unpaired) electrons. The van der Waals surface area contributed by atoms with E-state index >= 15 is 0 Å². The molecule has 0 fully saturated rings. The van der Waals surface area contributed by atoms with Gasteiger partial charge in [-0.05, 0) is 82.0 Å². The molecule has 0 bridgehead atoms. The first-order valence-electron chi connectivity index (χ1n) is 14.2. The lowest BCUT2D eigenvalue weighted by Gasteiger charge is -2.32. The molecule has 1 aliphatic rings. The van der Waals surface area contributed by atoms with E-state index in [0.29, 0.717) is 18.7 Å². The molecule has 0 aliphatic carbocycles. The van der Waals surface area contributed by atoms with Crippen LogP contribution in [0.5, 0.6) is 5.75 Å². The fraction of sp³-hybridized carbons (Fsp3) is 0.452. The average Bonchev–Trinajstić information content (AvgIpc) is 3.53. The maximum Gasteiger partial charge on any atom is 0.312 e. The van der Waals surface area contributed by atoms with E-state index in [1.807, 2.05) is 52.3 Å². The van der Waals surface area contributed by atoms with Crippen LogP contribution in [0.1, 0.15) is 66.5 Å². The fourth-order valence-electron chi connectivity index (χ4n) is 5.85. The summed E-state index contributed by atoms with van der Waals surface area (Å²) >= 11 is 1.58. The lowest BCUT2D eigenvalue weighted by atomic mass is 9.72. The minimum absolute atomic E-state index is 0.183. The molecule has 1 aliphatic heterocycles. The summed E-state index contributed by atoms with van der Waals surface area (Å²) in [5.74, 6) is -0.293. The second kappa shape index (κ2) is 11.4. The SMILES string of the molecule is CC[C@@H]1CN(Cc2cc([C@H](c3ccc4c(nnn4CC)c3C)C(C)(C)C(=O)OC)sc2C)S(=O)(=O)c2ccccc2O1. The van der Waals surface area contributed by atoms with Crippen LogP contribution >= 0.6 is 11.3 Å². The lowest BCUT2D eigenvalue weighted by molar-refractivity contribution is -0.151. The van der Waals surface area contributed by atoms with Crippen LogP contribution in [-0.2, 0) is 32.6 Å². The van der Waals surface area contributed by atoms with Crippen LogP contribution in [-0.4, -0.2) is 53.4 Å². The van der Waals surface area contributed by atoms with Gasteiger partial charge in [0.05, 0.1) is 24.6 Å². The Hall–Kier alpha value is -3.28. The zero-order chi connectivity index (χ0) is 30.4. The van der Waals surface area contributed by atoms with Crippen molar-refractivity contribution in [2.45, 2.75) is 78.0 Å². The average molecular weight is 611 g/mol. The fourth-order valence-corrected chi connectivity index (χ4v) is 8.77. The van der Waals surface area contributed by atoms with Gasteiger partial charge in [-0.25, -0.2) is 13.1 Å². The Morgan fingerprint density at radius 1 is 1.19 bits per heavy atom. The van der Waals surface area contributed by atoms with Crippen molar-refractivity contribution in [2.75, 3.05) is 13.7 Å². The first-order valence-corrected chi connectivity index (χ1v) is 16.5. The molecule has 3 heterocycles. The van der Waals surface area contributed by atoms with Crippen LogP contribution in [0.3, 0.4) is 0 Å². The van der Waals surface area contributed by atoms with E-state index < -0.39 is 15.4 Å². The third kappa shape index (κ3) is 5.11. The number of aromatic nitrogens is 3. The van der Waals surface area contributed by atoms with Crippen molar-refractivity contribution < 1.29 is 22.7 Å². The maximum atomic E-state index is 13.8. The zero-order valence-corrected chi connectivity index (χ0v) is 26.8. The van der Waals surface area contributed by atoms with Crippen LogP contribution in [0.25, 0.3) is 11.0 Å². The van der Waals surface area contributed by atoms with Crippen LogP contribution in [0.4, 0.5) is 0 Å². The Kier molecular flexibility index (Phi) is 8.21. The Morgan fingerprint density at radius 3 is 2.62 bits per heavy atom. The van der Waals surface area contributed by atoms with Crippen molar-refractivity contribution in [2.24, 2.45) is 5.41 Å². The molecule has 0 saturated carbocycles. The van der Waals surface area contributed by atoms with Gasteiger partial charge in [-0.2, -0.15) is 4.31 Å². The number of para-hydroxylation sites is 1. The van der Waals surface area contributed by atoms with Gasteiger partial charge in [0.15, 0.2) is 0 Å². The summed E-state index contributed by atoms with van der Waals surface area (Å²) in [6.45, 7) is 13.0. The van der Waals surface area contributed by atoms with Crippen molar-refractivity contribution in [1.29, 1.82) is 0 Å². The summed E-state index contributed by atoms with van der Waals surface area (Å²) in [6.07, 6.45) is 0.410. The van der Waals surface area contributed by atoms with Gasteiger partial charge in [0.25, 0.3) is 0 Å². The van der Waals surface area contributed by atoms with E-state index in [1.54, 1.807) is 35.6 Å². The first kappa shape index (κ1) is 30.2. The summed E-state index contributed by atoms with van der Waals surface area (Å²) < 4.78 is 42.4. The standard InChI is InChI=1S/C31H38N4O5S2/c1-8-22-18-34(42(37,38)27-13-11-10-12-25(27)40-22)17-21-16-26(41-20(21)4)28(31(5,6)30(36)39-7)23-14-15-24-29(19(23)3)32-33-35(24)9-2/h10-16,22,28H,8-9,17-18H2,1-7H3/t22-,28+/m1/s1. The maximum absolute atomic E-state index is 13.8. The van der Waals surface area contributed by atoms with Crippen LogP contribution in [0.15, 0.2) is 47.4 Å². The molecule has 9 nitrogen and oxygen atoms in total. The minimum atomic E-state index is -3.80. The number of carbonyl (C=O) groups is 1. The van der Waals surface area contributed by atoms with Gasteiger partial charge >= 0.3 is 5.97 Å². The zero-order valence-electron chi connectivity index (χ0n) is 25.2. The Labute approximate surface area is 251 Å². The first-order chi connectivity index (χ1) is 19.9. The quantitative estimate of drug-likeness (QED) is 0.232. The highest BCUT2D eigenvalue weighted by atomic mass is 32.2. The Morgan fingerprint density at radius 2 is 1.93 bits per heavy atom. The number of rotatable bonds is 8. The highest BCUT2D eigenvalue weighted by Gasteiger charge is 2.42. The highest BCUT2D eigenvalue weighted by molar-refractivity contribution is 7.89. The molecular weight excluding hydrogens is 572 g/mol. The Bertz CT molecular complexity index is 1740. The number of esters is 1. The number of fused-ring (bicyclic) bond motifs is 2. The normalized spacial score (nSPS) is 17.8. The van der Waals surface area contributed by atoms with E-state index in [1.165, 1.54) is 11.4 Å². The van der Waals surface area contributed by atoms with E-state index in [0.717, 1.165) is 37.5 Å². The summed E-state index contributed by atoms with van der Waals surface area (Å²) in [5, 5.41) is 8.75. The molecule has 0 unspecified atom stereocenters. The number of aryl methyl sites for hydroxylation is 3. The molecule has 0 N–H and O–H groups in total. The number of hydrogen-bond acceptors (Lipinski definition) is 8. The summed E-state index contributed by atoms with van der Waals surface area (Å²) in [5.41, 5.74) is 3.64. The van der Waals surface area contributed by atoms with Gasteiger partial charge in [-0.3, -0.25) is 4.79 Å². The minimum Gasteiger partial charge on any atom is -0.488 e. The molecule has 224 valence electrons. The van der Waals surface area contributed by atoms with Gasteiger partial charge in [0, 0.05) is 28.8 Å². The third-order valence-corrected chi connectivity index (χ3v) is 11.3. The second-order valence-electron chi connectivity index (χ2n) is 11.3. The topological polar surface area (TPSA) is 104 Å². The Balaban J connectivity index is 1.60. The lowest BCUT2D eigenvalue weighted by Crippen LogP contribution is -2.36. The molecular formula is C31H38N4O5S2. The molecule has 0 spiro atoms. The highest BCUT2D eigenvalue weighted by Crippen LogP contribution is 2.47. The molecule has 4 aromatic rings. The van der Waals surface area contributed by atoms with E-state index in [-0.39, 0.29) is 36.0 Å². The van der Waals surface area contributed by atoms with Crippen molar-refractivity contribution in [1.82, 2.24) is 19.3 Å². The molecule has 2 aromatic carbocycles. The molecule has 2 aromatic heterocycles. The van der Waals surface area contributed by atoms with E-state index in [2.05, 4.69) is 22.4 Å². The van der Waals surface area contributed by atoms with Gasteiger partial charge in [0.1, 0.15) is 22.3 Å². The van der Waals surface area contributed by atoms with Crippen LogP contribution in [0.2, 0.25) is 0 Å². The van der Waals surface area contributed by atoms with Crippen molar-refractivity contribution in [3.05, 3.63) is 68.9 Å². The smallest absolute Gasteiger partial charge is 0.312 e. The number of nitrogens with zero attached hydrogens (tertiary/aromatic N) is 4. The van der Waals surface area contributed by atoms with Gasteiger partial charge in [0.2, 0.25) is 10.0 Å². The number of hydrogen-bond donors (Lipinski definition) is 0. The van der Waals surface area contributed by atoms with Crippen molar-refractivity contribution in [3.8, 4) is 5.75 Å². The number of sulfonamides is 1. The van der Waals surface area contributed by atoms with E-state index in [9.17, 15) is 13.2 Å². The van der Waals surface area contributed by atoms with Crippen LogP contribution in [0, 0.1) is 19.3 Å². The third-order valence-electron chi connectivity index (χ3n) is 8.32. The van der Waals surface area contributed by atoms with E-state index in [4.69, 9.17) is 9.47 Å². The molecule has 42 heavy (non-hydrogen) atoms. The largest absolute Gasteiger partial charge is 0.488 e. The molecule has 11 heteroatoms. The van der Waals surface area contributed by atoms with Gasteiger partial charge in [-0.1, -0.05) is 30.3 Å². The monoisotopic (exact) mass is 610 g/mol. The molecule has 0 amide bonds. The number of ether oxygens (including phenoxy) is 2. The number of benzene rings is 2. The van der Waals surface area contributed by atoms with Gasteiger partial charge < -0.3 is 9.47 Å². The predicted molar refractivity (Wildman–Crippen MR) is 163 cm³/mol. The summed E-state index contributed by atoms with van der Waals surface area (Å²) in [7, 11) is -2.39. The van der Waals surface area contributed by atoms with Gasteiger partial charge in [-0.15, -0.1) is 16.4 Å². The van der Waals surface area contributed by atoms with Crippen LogP contribution < -0.4 is 4.74 Å².